The second-order valence-corrected chi connectivity index (χ2v) is 5.04. The monoisotopic (exact) mass is 267 g/mol. The number of rotatable bonds is 2. The molecule has 4 N–H and O–H groups in total. The van der Waals surface area contributed by atoms with Gasteiger partial charge in [-0.25, -0.2) is 4.79 Å². The average Bonchev–Trinajstić information content (AvgIpc) is 2.35. The zero-order chi connectivity index (χ0) is 13.0. The lowest BCUT2D eigenvalue weighted by atomic mass is 9.91. The Balaban J connectivity index is 1.90. The number of halogens is 1. The SMILES string of the molecule is N[C@@H]1CCCC[C@H]1NC(=O)Nc1ccccc1Cl. The van der Waals surface area contributed by atoms with E-state index in [4.69, 9.17) is 17.3 Å². The van der Waals surface area contributed by atoms with E-state index in [0.717, 1.165) is 25.7 Å². The molecule has 1 aromatic rings. The van der Waals surface area contributed by atoms with E-state index in [1.807, 2.05) is 12.1 Å². The highest BCUT2D eigenvalue weighted by atomic mass is 35.5. The number of hydrogen-bond acceptors (Lipinski definition) is 2. The van der Waals surface area contributed by atoms with Gasteiger partial charge in [-0.3, -0.25) is 0 Å². The highest BCUT2D eigenvalue weighted by Gasteiger charge is 2.23. The highest BCUT2D eigenvalue weighted by Crippen LogP contribution is 2.21. The Bertz CT molecular complexity index is 424. The quantitative estimate of drug-likeness (QED) is 0.771. The Labute approximate surface area is 112 Å². The summed E-state index contributed by atoms with van der Waals surface area (Å²) >= 11 is 5.97. The lowest BCUT2D eigenvalue weighted by molar-refractivity contribution is 0.240. The van der Waals surface area contributed by atoms with E-state index in [0.29, 0.717) is 10.7 Å². The number of carbonyl (C=O) groups is 1. The van der Waals surface area contributed by atoms with Crippen molar-refractivity contribution >= 4 is 23.3 Å². The number of para-hydroxylation sites is 1. The Kier molecular flexibility index (Phi) is 4.44. The van der Waals surface area contributed by atoms with Gasteiger partial charge in [0.15, 0.2) is 0 Å². The second-order valence-electron chi connectivity index (χ2n) is 4.63. The molecule has 98 valence electrons. The van der Waals surface area contributed by atoms with Crippen LogP contribution in [0.25, 0.3) is 0 Å². The van der Waals surface area contributed by atoms with Crippen LogP contribution in [0.3, 0.4) is 0 Å². The summed E-state index contributed by atoms with van der Waals surface area (Å²) in [6.07, 6.45) is 4.17. The van der Waals surface area contributed by atoms with Crippen molar-refractivity contribution in [1.82, 2.24) is 5.32 Å². The summed E-state index contributed by atoms with van der Waals surface area (Å²) in [5, 5.41) is 6.18. The van der Waals surface area contributed by atoms with Crippen LogP contribution in [0.4, 0.5) is 10.5 Å². The molecule has 0 spiro atoms. The van der Waals surface area contributed by atoms with E-state index in [1.54, 1.807) is 12.1 Å². The molecule has 2 amide bonds. The minimum absolute atomic E-state index is 0.0516. The Morgan fingerprint density at radius 3 is 2.72 bits per heavy atom. The molecule has 2 atom stereocenters. The topological polar surface area (TPSA) is 67.1 Å². The molecular formula is C13H18ClN3O. The number of anilines is 1. The first-order valence-electron chi connectivity index (χ1n) is 6.24. The number of carbonyl (C=O) groups excluding carboxylic acids is 1. The summed E-state index contributed by atoms with van der Waals surface area (Å²) in [5.74, 6) is 0. The predicted octanol–water partition coefficient (Wildman–Crippen LogP) is 2.73. The Morgan fingerprint density at radius 2 is 2.00 bits per heavy atom. The number of amides is 2. The molecule has 0 bridgehead atoms. The van der Waals surface area contributed by atoms with Gasteiger partial charge in [-0.2, -0.15) is 0 Å². The van der Waals surface area contributed by atoms with Crippen LogP contribution in [0.1, 0.15) is 25.7 Å². The fraction of sp³-hybridized carbons (Fsp3) is 0.462. The zero-order valence-electron chi connectivity index (χ0n) is 10.2. The van der Waals surface area contributed by atoms with Gasteiger partial charge in [0.1, 0.15) is 0 Å². The van der Waals surface area contributed by atoms with E-state index < -0.39 is 0 Å². The average molecular weight is 268 g/mol. The molecule has 0 unspecified atom stereocenters. The lowest BCUT2D eigenvalue weighted by Gasteiger charge is -2.29. The van der Waals surface area contributed by atoms with Crippen LogP contribution in [0.2, 0.25) is 5.02 Å². The molecule has 1 aromatic carbocycles. The van der Waals surface area contributed by atoms with Gasteiger partial charge in [-0.15, -0.1) is 0 Å². The predicted molar refractivity (Wildman–Crippen MR) is 73.8 cm³/mol. The maximum absolute atomic E-state index is 11.8. The van der Waals surface area contributed by atoms with Gasteiger partial charge in [0.05, 0.1) is 10.7 Å². The fourth-order valence-electron chi connectivity index (χ4n) is 2.23. The minimum Gasteiger partial charge on any atom is -0.334 e. The smallest absolute Gasteiger partial charge is 0.319 e. The van der Waals surface area contributed by atoms with Gasteiger partial charge >= 0.3 is 6.03 Å². The van der Waals surface area contributed by atoms with Crippen molar-refractivity contribution in [1.29, 1.82) is 0 Å². The van der Waals surface area contributed by atoms with Gasteiger partial charge < -0.3 is 16.4 Å². The van der Waals surface area contributed by atoms with Crippen LogP contribution in [0.5, 0.6) is 0 Å². The lowest BCUT2D eigenvalue weighted by Crippen LogP contribution is -2.50. The molecule has 5 heteroatoms. The summed E-state index contributed by atoms with van der Waals surface area (Å²) in [5.41, 5.74) is 6.59. The van der Waals surface area contributed by atoms with Crippen molar-refractivity contribution in [3.05, 3.63) is 29.3 Å². The third kappa shape index (κ3) is 3.37. The van der Waals surface area contributed by atoms with Gasteiger partial charge in [0.25, 0.3) is 0 Å². The summed E-state index contributed by atoms with van der Waals surface area (Å²) in [4.78, 5) is 11.8. The van der Waals surface area contributed by atoms with Crippen molar-refractivity contribution in [3.63, 3.8) is 0 Å². The van der Waals surface area contributed by atoms with Crippen LogP contribution >= 0.6 is 11.6 Å². The first kappa shape index (κ1) is 13.2. The minimum atomic E-state index is -0.245. The second kappa shape index (κ2) is 6.07. The zero-order valence-corrected chi connectivity index (χ0v) is 10.9. The largest absolute Gasteiger partial charge is 0.334 e. The van der Waals surface area contributed by atoms with Gasteiger partial charge in [0, 0.05) is 12.1 Å². The molecule has 0 saturated heterocycles. The number of nitrogens with two attached hydrogens (primary N) is 1. The van der Waals surface area contributed by atoms with Crippen molar-refractivity contribution in [2.45, 2.75) is 37.8 Å². The molecule has 18 heavy (non-hydrogen) atoms. The van der Waals surface area contributed by atoms with E-state index in [2.05, 4.69) is 10.6 Å². The van der Waals surface area contributed by atoms with Crippen molar-refractivity contribution in [2.75, 3.05) is 5.32 Å². The van der Waals surface area contributed by atoms with Crippen LogP contribution in [-0.2, 0) is 0 Å². The molecular weight excluding hydrogens is 250 g/mol. The molecule has 1 fully saturated rings. The molecule has 0 radical (unpaired) electrons. The molecule has 0 aromatic heterocycles. The highest BCUT2D eigenvalue weighted by molar-refractivity contribution is 6.33. The number of urea groups is 1. The molecule has 1 aliphatic carbocycles. The molecule has 0 heterocycles. The van der Waals surface area contributed by atoms with E-state index in [9.17, 15) is 4.79 Å². The van der Waals surface area contributed by atoms with E-state index in [-0.39, 0.29) is 18.1 Å². The number of benzene rings is 1. The maximum Gasteiger partial charge on any atom is 0.319 e. The number of hydrogen-bond donors (Lipinski definition) is 3. The molecule has 2 rings (SSSR count). The van der Waals surface area contributed by atoms with Crippen LogP contribution in [0.15, 0.2) is 24.3 Å². The fourth-order valence-corrected chi connectivity index (χ4v) is 2.41. The molecule has 1 saturated carbocycles. The van der Waals surface area contributed by atoms with Crippen molar-refractivity contribution < 1.29 is 4.79 Å². The number of nitrogens with one attached hydrogen (secondary N) is 2. The normalized spacial score (nSPS) is 23.4. The summed E-state index contributed by atoms with van der Waals surface area (Å²) in [6.45, 7) is 0. The van der Waals surface area contributed by atoms with Crippen LogP contribution in [0, 0.1) is 0 Å². The third-order valence-electron chi connectivity index (χ3n) is 3.26. The van der Waals surface area contributed by atoms with Gasteiger partial charge in [-0.1, -0.05) is 36.6 Å². The van der Waals surface area contributed by atoms with E-state index in [1.165, 1.54) is 0 Å². The third-order valence-corrected chi connectivity index (χ3v) is 3.59. The molecule has 1 aliphatic rings. The van der Waals surface area contributed by atoms with Gasteiger partial charge in [-0.05, 0) is 25.0 Å². The van der Waals surface area contributed by atoms with Crippen LogP contribution in [-0.4, -0.2) is 18.1 Å². The first-order valence-corrected chi connectivity index (χ1v) is 6.62. The Hall–Kier alpha value is -1.26. The standard InChI is InChI=1S/C13H18ClN3O/c14-9-5-1-3-7-11(9)16-13(18)17-12-8-4-2-6-10(12)15/h1,3,5,7,10,12H,2,4,6,8,15H2,(H2,16,17,18)/t10-,12-/m1/s1. The first-order chi connectivity index (χ1) is 8.66. The van der Waals surface area contributed by atoms with Crippen molar-refractivity contribution in [3.8, 4) is 0 Å². The van der Waals surface area contributed by atoms with E-state index >= 15 is 0 Å². The maximum atomic E-state index is 11.8. The summed E-state index contributed by atoms with van der Waals surface area (Å²) in [7, 11) is 0. The Morgan fingerprint density at radius 1 is 1.28 bits per heavy atom. The molecule has 4 nitrogen and oxygen atoms in total. The summed E-state index contributed by atoms with van der Waals surface area (Å²) in [6, 6.07) is 7.02. The van der Waals surface area contributed by atoms with Crippen molar-refractivity contribution in [2.24, 2.45) is 5.73 Å². The molecule has 0 aliphatic heterocycles. The summed E-state index contributed by atoms with van der Waals surface area (Å²) < 4.78 is 0. The van der Waals surface area contributed by atoms with Gasteiger partial charge in [0.2, 0.25) is 0 Å². The van der Waals surface area contributed by atoms with Crippen LogP contribution < -0.4 is 16.4 Å².